The quantitative estimate of drug-likeness (QED) is 0.242. The van der Waals surface area contributed by atoms with E-state index < -0.39 is 17.8 Å². The van der Waals surface area contributed by atoms with Gasteiger partial charge in [0.1, 0.15) is 5.75 Å². The van der Waals surface area contributed by atoms with Crippen molar-refractivity contribution < 1.29 is 23.9 Å². The molecule has 2 N–H and O–H groups in total. The first kappa shape index (κ1) is 17.9. The van der Waals surface area contributed by atoms with Gasteiger partial charge in [0.15, 0.2) is 6.61 Å². The smallest absolute Gasteiger partial charge is 0.343 e. The van der Waals surface area contributed by atoms with Crippen molar-refractivity contribution in [1.82, 2.24) is 10.7 Å². The summed E-state index contributed by atoms with van der Waals surface area (Å²) in [6.07, 6.45) is 2.82. The maximum absolute atomic E-state index is 11.3. The van der Waals surface area contributed by atoms with Gasteiger partial charge in [-0.15, -0.1) is 6.58 Å². The zero-order chi connectivity index (χ0) is 17.1. The number of esters is 1. The Morgan fingerprint density at radius 1 is 1.22 bits per heavy atom. The molecule has 0 aliphatic carbocycles. The van der Waals surface area contributed by atoms with Gasteiger partial charge in [0.05, 0.1) is 13.3 Å². The third-order valence-electron chi connectivity index (χ3n) is 2.46. The van der Waals surface area contributed by atoms with Gasteiger partial charge in [0.25, 0.3) is 0 Å². The summed E-state index contributed by atoms with van der Waals surface area (Å²) in [5, 5.41) is 5.98. The van der Waals surface area contributed by atoms with Crippen LogP contribution in [-0.2, 0) is 19.1 Å². The third kappa shape index (κ3) is 6.89. The molecular weight excluding hydrogens is 302 g/mol. The average molecular weight is 319 g/mol. The highest BCUT2D eigenvalue weighted by molar-refractivity contribution is 6.35. The SMILES string of the molecule is C=CCNC(=O)C(=O)N/N=C\c1ccc(OCC(=O)OC)cc1. The Morgan fingerprint density at radius 3 is 2.52 bits per heavy atom. The lowest BCUT2D eigenvalue weighted by atomic mass is 10.2. The molecule has 0 aliphatic rings. The van der Waals surface area contributed by atoms with Crippen LogP contribution in [0.4, 0.5) is 0 Å². The third-order valence-corrected chi connectivity index (χ3v) is 2.46. The van der Waals surface area contributed by atoms with Crippen molar-refractivity contribution >= 4 is 24.0 Å². The molecule has 0 spiro atoms. The van der Waals surface area contributed by atoms with Crippen LogP contribution in [0.3, 0.4) is 0 Å². The van der Waals surface area contributed by atoms with E-state index in [9.17, 15) is 14.4 Å². The van der Waals surface area contributed by atoms with Crippen LogP contribution in [0.25, 0.3) is 0 Å². The van der Waals surface area contributed by atoms with E-state index in [4.69, 9.17) is 4.74 Å². The maximum atomic E-state index is 11.3. The maximum Gasteiger partial charge on any atom is 0.343 e. The number of carbonyl (C=O) groups excluding carboxylic acids is 3. The first-order valence-corrected chi connectivity index (χ1v) is 6.58. The minimum Gasteiger partial charge on any atom is -0.482 e. The van der Waals surface area contributed by atoms with Gasteiger partial charge in [0, 0.05) is 6.54 Å². The van der Waals surface area contributed by atoms with E-state index in [0.29, 0.717) is 11.3 Å². The van der Waals surface area contributed by atoms with Crippen LogP contribution in [0.15, 0.2) is 42.0 Å². The molecule has 23 heavy (non-hydrogen) atoms. The van der Waals surface area contributed by atoms with E-state index in [1.54, 1.807) is 24.3 Å². The van der Waals surface area contributed by atoms with Crippen LogP contribution < -0.4 is 15.5 Å². The van der Waals surface area contributed by atoms with Crippen LogP contribution in [0.2, 0.25) is 0 Å². The van der Waals surface area contributed by atoms with Crippen molar-refractivity contribution in [2.45, 2.75) is 0 Å². The van der Waals surface area contributed by atoms with Crippen LogP contribution in [0.5, 0.6) is 5.75 Å². The standard InChI is InChI=1S/C15H17N3O5/c1-3-8-16-14(20)15(21)18-17-9-11-4-6-12(7-5-11)23-10-13(19)22-2/h3-7,9H,1,8,10H2,2H3,(H,16,20)(H,18,21)/b17-9-. The first-order chi connectivity index (χ1) is 11.1. The number of methoxy groups -OCH3 is 1. The number of hydrogen-bond donors (Lipinski definition) is 2. The Hall–Kier alpha value is -3.16. The van der Waals surface area contributed by atoms with Crippen molar-refractivity contribution in [3.05, 3.63) is 42.5 Å². The second-order valence-corrected chi connectivity index (χ2v) is 4.13. The van der Waals surface area contributed by atoms with Gasteiger partial charge in [0.2, 0.25) is 0 Å². The molecule has 8 heteroatoms. The summed E-state index contributed by atoms with van der Waals surface area (Å²) in [5.41, 5.74) is 2.76. The van der Waals surface area contributed by atoms with E-state index in [0.717, 1.165) is 0 Å². The van der Waals surface area contributed by atoms with Gasteiger partial charge < -0.3 is 14.8 Å². The number of hydrazone groups is 1. The Morgan fingerprint density at radius 2 is 1.91 bits per heavy atom. The van der Waals surface area contributed by atoms with Gasteiger partial charge in [-0.1, -0.05) is 6.08 Å². The van der Waals surface area contributed by atoms with Gasteiger partial charge in [-0.2, -0.15) is 5.10 Å². The summed E-state index contributed by atoms with van der Waals surface area (Å²) in [7, 11) is 1.28. The topological polar surface area (TPSA) is 106 Å². The van der Waals surface area contributed by atoms with Crippen molar-refractivity contribution in [3.8, 4) is 5.75 Å². The molecule has 0 fully saturated rings. The fourth-order valence-electron chi connectivity index (χ4n) is 1.31. The average Bonchev–Trinajstić information content (AvgIpc) is 2.58. The van der Waals surface area contributed by atoms with Gasteiger partial charge in [-0.3, -0.25) is 9.59 Å². The van der Waals surface area contributed by atoms with Gasteiger partial charge in [-0.25, -0.2) is 10.2 Å². The van der Waals surface area contributed by atoms with Crippen LogP contribution in [0, 0.1) is 0 Å². The molecule has 0 aromatic heterocycles. The van der Waals surface area contributed by atoms with Crippen molar-refractivity contribution in [1.29, 1.82) is 0 Å². The lowest BCUT2D eigenvalue weighted by Gasteiger charge is -2.04. The fourth-order valence-corrected chi connectivity index (χ4v) is 1.31. The van der Waals surface area contributed by atoms with Crippen LogP contribution >= 0.6 is 0 Å². The second-order valence-electron chi connectivity index (χ2n) is 4.13. The lowest BCUT2D eigenvalue weighted by molar-refractivity contribution is -0.142. The molecule has 0 saturated carbocycles. The monoisotopic (exact) mass is 319 g/mol. The molecule has 1 aromatic carbocycles. The van der Waals surface area contributed by atoms with E-state index in [1.165, 1.54) is 19.4 Å². The van der Waals surface area contributed by atoms with Crippen molar-refractivity contribution in [3.63, 3.8) is 0 Å². The van der Waals surface area contributed by atoms with Crippen molar-refractivity contribution in [2.75, 3.05) is 20.3 Å². The number of rotatable bonds is 7. The summed E-state index contributed by atoms with van der Waals surface area (Å²) >= 11 is 0. The van der Waals surface area contributed by atoms with E-state index in [1.807, 2.05) is 0 Å². The number of carbonyl (C=O) groups is 3. The number of nitrogens with one attached hydrogen (secondary N) is 2. The second kappa shape index (κ2) is 9.72. The minimum atomic E-state index is -0.874. The highest BCUT2D eigenvalue weighted by Crippen LogP contribution is 2.10. The summed E-state index contributed by atoms with van der Waals surface area (Å²) in [6, 6.07) is 6.59. The number of hydrogen-bond acceptors (Lipinski definition) is 6. The Balaban J connectivity index is 2.45. The minimum absolute atomic E-state index is 0.181. The summed E-state index contributed by atoms with van der Waals surface area (Å²) in [5.74, 6) is -1.66. The highest BCUT2D eigenvalue weighted by Gasteiger charge is 2.10. The normalized spacial score (nSPS) is 9.96. The summed E-state index contributed by atoms with van der Waals surface area (Å²) in [4.78, 5) is 33.5. The predicted octanol–water partition coefficient (Wildman–Crippen LogP) is -0.00930. The molecule has 0 aliphatic heterocycles. The number of nitrogens with zero attached hydrogens (tertiary/aromatic N) is 1. The van der Waals surface area contributed by atoms with E-state index in [2.05, 4.69) is 27.2 Å². The van der Waals surface area contributed by atoms with E-state index in [-0.39, 0.29) is 13.2 Å². The molecule has 0 atom stereocenters. The van der Waals surface area contributed by atoms with Crippen molar-refractivity contribution in [2.24, 2.45) is 5.10 Å². The zero-order valence-electron chi connectivity index (χ0n) is 12.6. The van der Waals surface area contributed by atoms with Gasteiger partial charge in [-0.05, 0) is 29.8 Å². The lowest BCUT2D eigenvalue weighted by Crippen LogP contribution is -2.37. The highest BCUT2D eigenvalue weighted by atomic mass is 16.6. The molecule has 1 aromatic rings. The Bertz CT molecular complexity index is 596. The molecule has 0 unspecified atom stereocenters. The van der Waals surface area contributed by atoms with Gasteiger partial charge >= 0.3 is 17.8 Å². The molecule has 0 heterocycles. The molecule has 1 rings (SSSR count). The summed E-state index contributed by atoms with van der Waals surface area (Å²) < 4.78 is 9.63. The largest absolute Gasteiger partial charge is 0.482 e. The first-order valence-electron chi connectivity index (χ1n) is 6.58. The summed E-state index contributed by atoms with van der Waals surface area (Å²) in [6.45, 7) is 3.43. The molecule has 0 bridgehead atoms. The number of amides is 2. The zero-order valence-corrected chi connectivity index (χ0v) is 12.6. The van der Waals surface area contributed by atoms with Crippen LogP contribution in [-0.4, -0.2) is 44.3 Å². The molecule has 0 radical (unpaired) electrons. The molecule has 122 valence electrons. The Kier molecular flexibility index (Phi) is 7.56. The molecular formula is C15H17N3O5. The molecule has 2 amide bonds. The van der Waals surface area contributed by atoms with Crippen LogP contribution in [0.1, 0.15) is 5.56 Å². The molecule has 8 nitrogen and oxygen atoms in total. The predicted molar refractivity (Wildman–Crippen MR) is 82.9 cm³/mol. The molecule has 0 saturated heterocycles. The van der Waals surface area contributed by atoms with E-state index >= 15 is 0 Å². The fraction of sp³-hybridized carbons (Fsp3) is 0.200. The number of ether oxygens (including phenoxy) is 2. The number of benzene rings is 1. The Labute approximate surface area is 133 Å².